The molecule has 0 saturated heterocycles. The lowest BCUT2D eigenvalue weighted by Crippen LogP contribution is -2.36. The van der Waals surface area contributed by atoms with Gasteiger partial charge >= 0.3 is 0 Å². The number of nitrogens with two attached hydrogens (primary N) is 1. The third kappa shape index (κ3) is 4.28. The summed E-state index contributed by atoms with van der Waals surface area (Å²) in [7, 11) is 0. The van der Waals surface area contributed by atoms with E-state index in [1.165, 1.54) is 12.1 Å². The van der Waals surface area contributed by atoms with E-state index in [0.29, 0.717) is 30.4 Å². The van der Waals surface area contributed by atoms with Gasteiger partial charge in [0, 0.05) is 19.0 Å². The monoisotopic (exact) mass is 280 g/mol. The number of benzene rings is 1. The smallest absolute Gasteiger partial charge is 0.227 e. The molecule has 1 aromatic carbocycles. The van der Waals surface area contributed by atoms with Gasteiger partial charge in [-0.3, -0.25) is 4.79 Å². The summed E-state index contributed by atoms with van der Waals surface area (Å²) in [5, 5.41) is 0. The second kappa shape index (κ2) is 6.10. The van der Waals surface area contributed by atoms with E-state index in [2.05, 4.69) is 0 Å². The van der Waals surface area contributed by atoms with Crippen LogP contribution in [-0.4, -0.2) is 28.4 Å². The Balaban J connectivity index is 1.95. The summed E-state index contributed by atoms with van der Waals surface area (Å²) in [5.74, 6) is -0.228. The van der Waals surface area contributed by atoms with Gasteiger partial charge in [0.15, 0.2) is 0 Å². The van der Waals surface area contributed by atoms with Gasteiger partial charge in [0.05, 0.1) is 11.4 Å². The topological polar surface area (TPSA) is 46.3 Å². The maximum atomic E-state index is 12.8. The highest BCUT2D eigenvalue weighted by Crippen LogP contribution is 2.27. The van der Waals surface area contributed by atoms with E-state index in [9.17, 15) is 9.18 Å². The van der Waals surface area contributed by atoms with E-state index < -0.39 is 0 Å². The molecule has 0 radical (unpaired) electrons. The summed E-state index contributed by atoms with van der Waals surface area (Å²) in [5.41, 5.74) is 6.31. The van der Waals surface area contributed by atoms with Gasteiger partial charge in [-0.15, -0.1) is 0 Å². The van der Waals surface area contributed by atoms with E-state index >= 15 is 0 Å². The fourth-order valence-electron chi connectivity index (χ4n) is 2.01. The zero-order valence-electron chi connectivity index (χ0n) is 10.6. The predicted molar refractivity (Wildman–Crippen MR) is 76.2 cm³/mol. The maximum absolute atomic E-state index is 12.8. The molecule has 0 heterocycles. The molecule has 19 heavy (non-hydrogen) atoms. The van der Waals surface area contributed by atoms with Crippen LogP contribution in [0.2, 0.25) is 0 Å². The van der Waals surface area contributed by atoms with Crippen LogP contribution >= 0.6 is 12.2 Å². The summed E-state index contributed by atoms with van der Waals surface area (Å²) in [4.78, 5) is 14.5. The van der Waals surface area contributed by atoms with E-state index in [4.69, 9.17) is 18.0 Å². The molecule has 0 spiro atoms. The van der Waals surface area contributed by atoms with Gasteiger partial charge in [0.1, 0.15) is 5.82 Å². The molecule has 0 unspecified atom stereocenters. The quantitative estimate of drug-likeness (QED) is 0.811. The van der Waals surface area contributed by atoms with E-state index in [1.807, 2.05) is 4.90 Å². The minimum atomic E-state index is -0.288. The lowest BCUT2D eigenvalue weighted by Gasteiger charge is -2.22. The number of halogens is 1. The van der Waals surface area contributed by atoms with E-state index in [-0.39, 0.29) is 11.7 Å². The third-order valence-electron chi connectivity index (χ3n) is 3.18. The van der Waals surface area contributed by atoms with Crippen molar-refractivity contribution in [3.8, 4) is 0 Å². The number of carbonyl (C=O) groups is 1. The zero-order valence-corrected chi connectivity index (χ0v) is 11.5. The number of carbonyl (C=O) groups excluding carboxylic acids is 1. The van der Waals surface area contributed by atoms with Crippen LogP contribution in [0.15, 0.2) is 24.3 Å². The van der Waals surface area contributed by atoms with Gasteiger partial charge in [0.2, 0.25) is 5.91 Å². The van der Waals surface area contributed by atoms with Crippen molar-refractivity contribution in [1.29, 1.82) is 0 Å². The highest BCUT2D eigenvalue weighted by Gasteiger charge is 2.32. The van der Waals surface area contributed by atoms with Crippen molar-refractivity contribution < 1.29 is 9.18 Å². The number of amides is 1. The molecule has 1 amide bonds. The van der Waals surface area contributed by atoms with Crippen LogP contribution in [0.1, 0.15) is 24.8 Å². The first-order valence-corrected chi connectivity index (χ1v) is 6.79. The molecule has 1 saturated carbocycles. The Bertz CT molecular complexity index is 471. The second-order valence-electron chi connectivity index (χ2n) is 4.84. The van der Waals surface area contributed by atoms with Gasteiger partial charge in [-0.2, -0.15) is 0 Å². The van der Waals surface area contributed by atoms with Crippen LogP contribution in [0, 0.1) is 5.82 Å². The molecule has 0 aliphatic heterocycles. The van der Waals surface area contributed by atoms with Crippen molar-refractivity contribution in [2.24, 2.45) is 5.73 Å². The number of thiocarbonyl (C=S) groups is 1. The Kier molecular flexibility index (Phi) is 4.47. The van der Waals surface area contributed by atoms with Crippen molar-refractivity contribution in [1.82, 2.24) is 4.90 Å². The number of hydrogen-bond donors (Lipinski definition) is 1. The maximum Gasteiger partial charge on any atom is 0.227 e. The second-order valence-corrected chi connectivity index (χ2v) is 5.36. The zero-order chi connectivity index (χ0) is 13.8. The first-order chi connectivity index (χ1) is 9.06. The van der Waals surface area contributed by atoms with Crippen LogP contribution in [0.4, 0.5) is 4.39 Å². The van der Waals surface area contributed by atoms with Crippen molar-refractivity contribution in [2.45, 2.75) is 31.7 Å². The summed E-state index contributed by atoms with van der Waals surface area (Å²) in [6.45, 7) is 0.583. The number of rotatable bonds is 6. The van der Waals surface area contributed by atoms with Crippen LogP contribution in [-0.2, 0) is 11.2 Å². The molecule has 2 N–H and O–H groups in total. The molecule has 1 fully saturated rings. The van der Waals surface area contributed by atoms with Gasteiger partial charge in [-0.05, 0) is 30.5 Å². The molecule has 0 aromatic heterocycles. The van der Waals surface area contributed by atoms with Crippen molar-refractivity contribution in [2.75, 3.05) is 6.54 Å². The average Bonchev–Trinajstić information content (AvgIpc) is 3.16. The van der Waals surface area contributed by atoms with Crippen molar-refractivity contribution >= 4 is 23.1 Å². The number of nitrogens with zero attached hydrogens (tertiary/aromatic N) is 1. The minimum Gasteiger partial charge on any atom is -0.393 e. The third-order valence-corrected chi connectivity index (χ3v) is 3.38. The lowest BCUT2D eigenvalue weighted by atomic mass is 10.1. The summed E-state index contributed by atoms with van der Waals surface area (Å²) >= 11 is 4.85. The molecule has 0 atom stereocenters. The molecule has 1 aliphatic carbocycles. The minimum absolute atomic E-state index is 0.0605. The highest BCUT2D eigenvalue weighted by molar-refractivity contribution is 7.80. The summed E-state index contributed by atoms with van der Waals surface area (Å²) in [6.07, 6.45) is 2.95. The van der Waals surface area contributed by atoms with Crippen LogP contribution in [0.5, 0.6) is 0 Å². The normalized spacial score (nSPS) is 14.2. The standard InChI is InChI=1S/C14H17FN2OS/c15-11-3-1-10(2-4-11)9-14(18)17(12-5-6-12)8-7-13(16)19/h1-4,12H,5-9H2,(H2,16,19). The van der Waals surface area contributed by atoms with Gasteiger partial charge in [-0.1, -0.05) is 24.4 Å². The van der Waals surface area contributed by atoms with Gasteiger partial charge < -0.3 is 10.6 Å². The van der Waals surface area contributed by atoms with Crippen LogP contribution in [0.3, 0.4) is 0 Å². The molecule has 0 bridgehead atoms. The Hall–Kier alpha value is -1.49. The van der Waals surface area contributed by atoms with Crippen LogP contribution in [0.25, 0.3) is 0 Å². The largest absolute Gasteiger partial charge is 0.393 e. The first-order valence-electron chi connectivity index (χ1n) is 6.38. The highest BCUT2D eigenvalue weighted by atomic mass is 32.1. The fraction of sp³-hybridized carbons (Fsp3) is 0.429. The molecule has 5 heteroatoms. The summed E-state index contributed by atoms with van der Waals surface area (Å²) in [6, 6.07) is 6.37. The summed E-state index contributed by atoms with van der Waals surface area (Å²) < 4.78 is 12.8. The van der Waals surface area contributed by atoms with E-state index in [0.717, 1.165) is 18.4 Å². The SMILES string of the molecule is NC(=S)CCN(C(=O)Cc1ccc(F)cc1)C1CC1. The van der Waals surface area contributed by atoms with Gasteiger partial charge in [0.25, 0.3) is 0 Å². The average molecular weight is 280 g/mol. The molecule has 2 rings (SSSR count). The van der Waals surface area contributed by atoms with Crippen molar-refractivity contribution in [3.63, 3.8) is 0 Å². The lowest BCUT2D eigenvalue weighted by molar-refractivity contribution is -0.130. The molecule has 1 aliphatic rings. The van der Waals surface area contributed by atoms with Gasteiger partial charge in [-0.25, -0.2) is 4.39 Å². The van der Waals surface area contributed by atoms with Crippen molar-refractivity contribution in [3.05, 3.63) is 35.6 Å². The fourth-order valence-corrected chi connectivity index (χ4v) is 2.10. The molecule has 3 nitrogen and oxygen atoms in total. The predicted octanol–water partition coefficient (Wildman–Crippen LogP) is 2.04. The van der Waals surface area contributed by atoms with E-state index in [1.54, 1.807) is 12.1 Å². The van der Waals surface area contributed by atoms with Crippen LogP contribution < -0.4 is 5.73 Å². The first kappa shape index (κ1) is 13.9. The molecular formula is C14H17FN2OS. The number of hydrogen-bond acceptors (Lipinski definition) is 2. The Morgan fingerprint density at radius 2 is 2.00 bits per heavy atom. The molecule has 102 valence electrons. The Morgan fingerprint density at radius 1 is 1.37 bits per heavy atom. The Morgan fingerprint density at radius 3 is 2.53 bits per heavy atom. The molecule has 1 aromatic rings. The molecular weight excluding hydrogens is 263 g/mol. The Labute approximate surface area is 117 Å².